The summed E-state index contributed by atoms with van der Waals surface area (Å²) in [7, 11) is 0. The van der Waals surface area contributed by atoms with Crippen LogP contribution in [0.5, 0.6) is 5.75 Å². The zero-order valence-corrected chi connectivity index (χ0v) is 17.5. The summed E-state index contributed by atoms with van der Waals surface area (Å²) in [5, 5.41) is 6.96. The molecule has 3 aromatic rings. The number of benzene rings is 2. The Morgan fingerprint density at radius 1 is 1.20 bits per heavy atom. The molecule has 0 saturated heterocycles. The van der Waals surface area contributed by atoms with Crippen LogP contribution in [0.25, 0.3) is 11.0 Å². The van der Waals surface area contributed by atoms with Gasteiger partial charge in [-0.3, -0.25) is 9.59 Å². The average Bonchev–Trinajstić information content (AvgIpc) is 3.06. The molecule has 2 heterocycles. The highest BCUT2D eigenvalue weighted by Gasteiger charge is 2.25. The molecule has 2 aromatic carbocycles. The summed E-state index contributed by atoms with van der Waals surface area (Å²) in [5.74, 6) is 1.36. The number of amides is 2. The molecule has 0 saturated carbocycles. The standard InChI is InChI=1S/C24H26N2O4/c1-14(2)23(24-15(3)18-6-4-5-7-20(18)30-24)26-22(28)13-29-17-9-10-19-16(12-17)8-11-21(27)25-19/h4-7,9-10,12,14,23H,8,11,13H2,1-3H3,(H,25,27)(H,26,28). The number of fused-ring (bicyclic) bond motifs is 2. The molecule has 1 aromatic heterocycles. The lowest BCUT2D eigenvalue weighted by atomic mass is 9.98. The van der Waals surface area contributed by atoms with Crippen LogP contribution in [-0.2, 0) is 16.0 Å². The molecule has 2 N–H and O–H groups in total. The van der Waals surface area contributed by atoms with Gasteiger partial charge in [0.25, 0.3) is 5.91 Å². The summed E-state index contributed by atoms with van der Waals surface area (Å²) in [4.78, 5) is 24.1. The Bertz CT molecular complexity index is 1100. The van der Waals surface area contributed by atoms with Gasteiger partial charge in [0.2, 0.25) is 5.91 Å². The smallest absolute Gasteiger partial charge is 0.258 e. The molecular weight excluding hydrogens is 380 g/mol. The van der Waals surface area contributed by atoms with Gasteiger partial charge in [0.1, 0.15) is 17.1 Å². The largest absolute Gasteiger partial charge is 0.484 e. The maximum absolute atomic E-state index is 12.6. The molecule has 0 bridgehead atoms. The van der Waals surface area contributed by atoms with Crippen LogP contribution in [0, 0.1) is 12.8 Å². The van der Waals surface area contributed by atoms with Crippen molar-refractivity contribution in [3.05, 3.63) is 59.4 Å². The van der Waals surface area contributed by atoms with Crippen molar-refractivity contribution in [3.8, 4) is 5.75 Å². The van der Waals surface area contributed by atoms with Crippen molar-refractivity contribution in [2.45, 2.75) is 39.7 Å². The predicted octanol–water partition coefficient (Wildman–Crippen LogP) is 4.52. The molecule has 0 fully saturated rings. The minimum atomic E-state index is -0.243. The second-order valence-corrected chi connectivity index (χ2v) is 8.03. The number of furan rings is 1. The van der Waals surface area contributed by atoms with Crippen LogP contribution in [0.2, 0.25) is 0 Å². The zero-order valence-electron chi connectivity index (χ0n) is 17.5. The SMILES string of the molecule is Cc1c(C(NC(=O)COc2ccc3c(c2)CCC(=O)N3)C(C)C)oc2ccccc12. The van der Waals surface area contributed by atoms with Gasteiger partial charge in [-0.05, 0) is 49.1 Å². The van der Waals surface area contributed by atoms with E-state index in [0.29, 0.717) is 18.6 Å². The lowest BCUT2D eigenvalue weighted by molar-refractivity contribution is -0.124. The second kappa shape index (κ2) is 8.22. The Hall–Kier alpha value is -3.28. The molecule has 6 heteroatoms. The van der Waals surface area contributed by atoms with Gasteiger partial charge in [0.05, 0.1) is 6.04 Å². The monoisotopic (exact) mass is 406 g/mol. The van der Waals surface area contributed by atoms with Crippen molar-refractivity contribution in [1.29, 1.82) is 0 Å². The van der Waals surface area contributed by atoms with Crippen molar-refractivity contribution in [2.24, 2.45) is 5.92 Å². The van der Waals surface area contributed by atoms with E-state index >= 15 is 0 Å². The Kier molecular flexibility index (Phi) is 5.48. The number of carbonyl (C=O) groups is 2. The third kappa shape index (κ3) is 4.03. The number of rotatable bonds is 6. The summed E-state index contributed by atoms with van der Waals surface area (Å²) < 4.78 is 11.8. The number of hydrogen-bond donors (Lipinski definition) is 2. The van der Waals surface area contributed by atoms with Gasteiger partial charge in [0.15, 0.2) is 6.61 Å². The number of carbonyl (C=O) groups excluding carboxylic acids is 2. The molecule has 1 aliphatic rings. The topological polar surface area (TPSA) is 80.6 Å². The van der Waals surface area contributed by atoms with E-state index in [9.17, 15) is 9.59 Å². The van der Waals surface area contributed by atoms with E-state index in [1.165, 1.54) is 0 Å². The first-order valence-electron chi connectivity index (χ1n) is 10.3. The number of hydrogen-bond acceptors (Lipinski definition) is 4. The summed E-state index contributed by atoms with van der Waals surface area (Å²) >= 11 is 0. The minimum Gasteiger partial charge on any atom is -0.484 e. The molecule has 0 radical (unpaired) electrons. The highest BCUT2D eigenvalue weighted by atomic mass is 16.5. The number of ether oxygens (including phenoxy) is 1. The molecule has 1 unspecified atom stereocenters. The van der Waals surface area contributed by atoms with E-state index in [2.05, 4.69) is 24.5 Å². The van der Waals surface area contributed by atoms with Crippen LogP contribution in [0.1, 0.15) is 43.2 Å². The third-order valence-electron chi connectivity index (χ3n) is 5.49. The average molecular weight is 406 g/mol. The lowest BCUT2D eigenvalue weighted by Gasteiger charge is -2.21. The van der Waals surface area contributed by atoms with E-state index in [0.717, 1.165) is 33.5 Å². The van der Waals surface area contributed by atoms with E-state index in [-0.39, 0.29) is 30.4 Å². The molecular formula is C24H26N2O4. The van der Waals surface area contributed by atoms with Crippen molar-refractivity contribution < 1.29 is 18.7 Å². The maximum atomic E-state index is 12.6. The van der Waals surface area contributed by atoms with Crippen LogP contribution in [0.4, 0.5) is 5.69 Å². The van der Waals surface area contributed by atoms with Crippen molar-refractivity contribution in [2.75, 3.05) is 11.9 Å². The van der Waals surface area contributed by atoms with Crippen molar-refractivity contribution in [1.82, 2.24) is 5.32 Å². The van der Waals surface area contributed by atoms with E-state index < -0.39 is 0 Å². The normalized spacial score (nSPS) is 14.3. The minimum absolute atomic E-state index is 0.0242. The Morgan fingerprint density at radius 2 is 2.00 bits per heavy atom. The van der Waals surface area contributed by atoms with Gasteiger partial charge in [-0.15, -0.1) is 0 Å². The third-order valence-corrected chi connectivity index (χ3v) is 5.49. The van der Waals surface area contributed by atoms with Gasteiger partial charge in [0, 0.05) is 23.1 Å². The van der Waals surface area contributed by atoms with Crippen molar-refractivity contribution in [3.63, 3.8) is 0 Å². The summed E-state index contributed by atoms with van der Waals surface area (Å²) in [6.07, 6.45) is 1.13. The molecule has 0 spiro atoms. The number of aryl methyl sites for hydroxylation is 2. The van der Waals surface area contributed by atoms with E-state index in [4.69, 9.17) is 9.15 Å². The molecule has 6 nitrogen and oxygen atoms in total. The van der Waals surface area contributed by atoms with Gasteiger partial charge in [-0.25, -0.2) is 0 Å². The Labute approximate surface area is 175 Å². The number of para-hydroxylation sites is 1. The van der Waals surface area contributed by atoms with E-state index in [1.807, 2.05) is 43.3 Å². The first-order valence-corrected chi connectivity index (χ1v) is 10.3. The molecule has 156 valence electrons. The quantitative estimate of drug-likeness (QED) is 0.631. The summed E-state index contributed by atoms with van der Waals surface area (Å²) in [6, 6.07) is 13.1. The first-order chi connectivity index (χ1) is 14.4. The highest BCUT2D eigenvalue weighted by Crippen LogP contribution is 2.33. The summed E-state index contributed by atoms with van der Waals surface area (Å²) in [5.41, 5.74) is 3.69. The molecule has 2 amide bonds. The van der Waals surface area contributed by atoms with Gasteiger partial charge in [-0.2, -0.15) is 0 Å². The Morgan fingerprint density at radius 3 is 2.77 bits per heavy atom. The van der Waals surface area contributed by atoms with Crippen molar-refractivity contribution >= 4 is 28.5 Å². The summed E-state index contributed by atoms with van der Waals surface area (Å²) in [6.45, 7) is 6.03. The number of nitrogens with one attached hydrogen (secondary N) is 2. The molecule has 4 rings (SSSR count). The van der Waals surface area contributed by atoms with E-state index in [1.54, 1.807) is 6.07 Å². The van der Waals surface area contributed by atoms with Crippen LogP contribution < -0.4 is 15.4 Å². The highest BCUT2D eigenvalue weighted by molar-refractivity contribution is 5.94. The van der Waals surface area contributed by atoms with Crippen LogP contribution in [0.3, 0.4) is 0 Å². The lowest BCUT2D eigenvalue weighted by Crippen LogP contribution is -2.35. The molecule has 1 atom stereocenters. The predicted molar refractivity (Wildman–Crippen MR) is 116 cm³/mol. The van der Waals surface area contributed by atoms with Crippen LogP contribution >= 0.6 is 0 Å². The van der Waals surface area contributed by atoms with Gasteiger partial charge >= 0.3 is 0 Å². The first kappa shape index (κ1) is 20.0. The fourth-order valence-electron chi connectivity index (χ4n) is 3.84. The maximum Gasteiger partial charge on any atom is 0.258 e. The fraction of sp³-hybridized carbons (Fsp3) is 0.333. The van der Waals surface area contributed by atoms with Gasteiger partial charge < -0.3 is 19.8 Å². The molecule has 1 aliphatic heterocycles. The van der Waals surface area contributed by atoms with Crippen LogP contribution in [0.15, 0.2) is 46.9 Å². The van der Waals surface area contributed by atoms with Crippen LogP contribution in [-0.4, -0.2) is 18.4 Å². The molecule has 0 aliphatic carbocycles. The second-order valence-electron chi connectivity index (χ2n) is 8.03. The van der Waals surface area contributed by atoms with Gasteiger partial charge in [-0.1, -0.05) is 32.0 Å². The fourth-order valence-corrected chi connectivity index (χ4v) is 3.84. The number of anilines is 1. The Balaban J connectivity index is 1.44. The zero-order chi connectivity index (χ0) is 21.3. The molecule has 30 heavy (non-hydrogen) atoms.